The quantitative estimate of drug-likeness (QED) is 0.398. The number of anilines is 1. The summed E-state index contributed by atoms with van der Waals surface area (Å²) in [6.07, 6.45) is 6.28. The maximum Gasteiger partial charge on any atom is 0.313 e. The van der Waals surface area contributed by atoms with Gasteiger partial charge in [0.05, 0.1) is 31.2 Å². The number of allylic oxidation sites excluding steroid dienone is 1. The molecule has 0 unspecified atom stereocenters. The van der Waals surface area contributed by atoms with Gasteiger partial charge in [-0.15, -0.1) is 0 Å². The molecule has 2 saturated heterocycles. The number of hydrogen-bond acceptors (Lipinski definition) is 7. The van der Waals surface area contributed by atoms with Gasteiger partial charge in [-0.2, -0.15) is 0 Å². The van der Waals surface area contributed by atoms with Crippen molar-refractivity contribution in [1.29, 1.82) is 0 Å². The van der Waals surface area contributed by atoms with E-state index in [1.807, 2.05) is 12.1 Å². The first-order valence-corrected chi connectivity index (χ1v) is 15.2. The van der Waals surface area contributed by atoms with Gasteiger partial charge in [-0.25, -0.2) is 0 Å². The first-order valence-electron chi connectivity index (χ1n) is 14.8. The van der Waals surface area contributed by atoms with Gasteiger partial charge in [0.15, 0.2) is 0 Å². The van der Waals surface area contributed by atoms with E-state index in [-0.39, 0.29) is 25.4 Å². The number of esters is 1. The highest BCUT2D eigenvalue weighted by atomic mass is 35.5. The van der Waals surface area contributed by atoms with E-state index in [1.54, 1.807) is 73.7 Å². The molecule has 4 aliphatic heterocycles. The van der Waals surface area contributed by atoms with Gasteiger partial charge in [0.1, 0.15) is 23.7 Å². The molecular weight excluding hydrogens is 586 g/mol. The van der Waals surface area contributed by atoms with Crippen molar-refractivity contribution in [2.45, 2.75) is 49.7 Å². The van der Waals surface area contributed by atoms with Crippen LogP contribution in [0.3, 0.4) is 0 Å². The fraction of sp³-hybridized carbons (Fsp3) is 0.394. The predicted molar refractivity (Wildman–Crippen MR) is 161 cm³/mol. The number of nitrogens with one attached hydrogen (secondary N) is 1. The number of hydrogen-bond donors (Lipinski definition) is 2. The van der Waals surface area contributed by atoms with Gasteiger partial charge in [-0.05, 0) is 43.2 Å². The summed E-state index contributed by atoms with van der Waals surface area (Å²) >= 11 is 6.17. The number of carbonyl (C=O) groups is 4. The van der Waals surface area contributed by atoms with Crippen LogP contribution in [0.25, 0.3) is 0 Å². The predicted octanol–water partition coefficient (Wildman–Crippen LogP) is 2.96. The lowest BCUT2D eigenvalue weighted by Crippen LogP contribution is -2.57. The lowest BCUT2D eigenvalue weighted by Gasteiger charge is -2.39. The molecular formula is C33H34ClN3O7. The summed E-state index contributed by atoms with van der Waals surface area (Å²) in [7, 11) is 0. The molecule has 2 fully saturated rings. The van der Waals surface area contributed by atoms with Gasteiger partial charge < -0.3 is 29.7 Å². The van der Waals surface area contributed by atoms with Gasteiger partial charge in [0, 0.05) is 23.7 Å². The first-order chi connectivity index (χ1) is 21.2. The van der Waals surface area contributed by atoms with Gasteiger partial charge >= 0.3 is 5.97 Å². The van der Waals surface area contributed by atoms with Crippen LogP contribution in [0.2, 0.25) is 5.02 Å². The average molecular weight is 620 g/mol. The minimum atomic E-state index is -1.47. The largest absolute Gasteiger partial charge is 0.460 e. The standard InChI is InChI=1S/C33H34ClN3O7/c1-20-18-35-26(39)10-6-3-7-17-36(23-13-11-22(34)12-14-23)31(41)29-33-16-15-25(44-33)27(32(42)43-20)28(33)30(40)37(29)24(19-38)21-8-4-2-5-9-21/h2-5,7-9,11-16,20,24-25,27-29,38H,6,10,17-19H2,1H3,(H,35,39)/b7-3-/t20-,24-,25+,27-,28-,29+,33-/m1/s1. The van der Waals surface area contributed by atoms with E-state index < -0.39 is 66.1 Å². The van der Waals surface area contributed by atoms with Crippen molar-refractivity contribution in [3.05, 3.63) is 89.5 Å². The molecule has 4 aliphatic rings. The molecule has 6 rings (SSSR count). The summed E-state index contributed by atoms with van der Waals surface area (Å²) in [5.41, 5.74) is -0.294. The van der Waals surface area contributed by atoms with Crippen LogP contribution in [0.5, 0.6) is 0 Å². The highest BCUT2D eigenvalue weighted by Gasteiger charge is 2.74. The molecule has 44 heavy (non-hydrogen) atoms. The van der Waals surface area contributed by atoms with Crippen molar-refractivity contribution in [2.24, 2.45) is 11.8 Å². The van der Waals surface area contributed by atoms with E-state index in [4.69, 9.17) is 21.1 Å². The van der Waals surface area contributed by atoms with E-state index in [9.17, 15) is 24.3 Å². The Labute approximate surface area is 260 Å². The van der Waals surface area contributed by atoms with E-state index in [0.717, 1.165) is 0 Å². The minimum absolute atomic E-state index is 0.115. The Kier molecular flexibility index (Phi) is 8.32. The molecule has 0 saturated carbocycles. The van der Waals surface area contributed by atoms with E-state index in [2.05, 4.69) is 5.32 Å². The van der Waals surface area contributed by atoms with Gasteiger partial charge in [0.25, 0.3) is 5.91 Å². The molecule has 0 aliphatic carbocycles. The van der Waals surface area contributed by atoms with Crippen LogP contribution in [-0.2, 0) is 28.7 Å². The third-order valence-electron chi connectivity index (χ3n) is 8.81. The zero-order chi connectivity index (χ0) is 31.0. The molecule has 1 spiro atoms. The fourth-order valence-corrected chi connectivity index (χ4v) is 6.92. The summed E-state index contributed by atoms with van der Waals surface area (Å²) in [6.45, 7) is 1.46. The second kappa shape index (κ2) is 12.2. The zero-order valence-corrected chi connectivity index (χ0v) is 24.9. The Hall–Kier alpha value is -3.99. The van der Waals surface area contributed by atoms with Crippen molar-refractivity contribution >= 4 is 41.0 Å². The van der Waals surface area contributed by atoms with E-state index in [0.29, 0.717) is 22.7 Å². The number of halogens is 1. The van der Waals surface area contributed by atoms with E-state index in [1.165, 1.54) is 9.80 Å². The maximum atomic E-state index is 14.9. The molecule has 5 bridgehead atoms. The first kappa shape index (κ1) is 30.1. The van der Waals surface area contributed by atoms with Crippen molar-refractivity contribution in [3.8, 4) is 0 Å². The SMILES string of the molecule is C[C@@H]1CNC(=O)CC/C=C\CN(c2ccc(Cl)cc2)C(=O)[C@@H]2N([C@H](CO)c3ccccc3)C(=O)[C@H]3[C@H](C(=O)O1)[C@@H]1C=C[C@]23O1. The number of aliphatic hydroxyl groups excluding tert-OH is 1. The summed E-state index contributed by atoms with van der Waals surface area (Å²) in [5, 5.41) is 14.0. The minimum Gasteiger partial charge on any atom is -0.460 e. The number of carbonyl (C=O) groups excluding carboxylic acids is 4. The van der Waals surface area contributed by atoms with Gasteiger partial charge in [0.2, 0.25) is 11.8 Å². The number of cyclic esters (lactones) is 1. The smallest absolute Gasteiger partial charge is 0.313 e. The highest BCUT2D eigenvalue weighted by Crippen LogP contribution is 2.57. The fourth-order valence-electron chi connectivity index (χ4n) is 6.79. The monoisotopic (exact) mass is 619 g/mol. The summed E-state index contributed by atoms with van der Waals surface area (Å²) in [4.78, 5) is 58.4. The van der Waals surface area contributed by atoms with Crippen LogP contribution in [-0.4, -0.2) is 77.2 Å². The lowest BCUT2D eigenvalue weighted by atomic mass is 9.74. The van der Waals surface area contributed by atoms with Crippen LogP contribution in [0.15, 0.2) is 78.9 Å². The Bertz CT molecular complexity index is 1500. The average Bonchev–Trinajstić information content (AvgIpc) is 3.66. The molecule has 2 N–H and O–H groups in total. The summed E-state index contributed by atoms with van der Waals surface area (Å²) in [6, 6.07) is 13.7. The number of likely N-dealkylation sites (tertiary alicyclic amines) is 1. The molecule has 3 amide bonds. The Morgan fingerprint density at radius 2 is 1.80 bits per heavy atom. The molecule has 2 aromatic rings. The van der Waals surface area contributed by atoms with E-state index >= 15 is 0 Å². The van der Waals surface area contributed by atoms with Crippen molar-refractivity contribution < 1.29 is 33.8 Å². The van der Waals surface area contributed by atoms with Crippen molar-refractivity contribution in [1.82, 2.24) is 10.2 Å². The number of nitrogens with zero attached hydrogens (tertiary/aromatic N) is 2. The number of ether oxygens (including phenoxy) is 2. The molecule has 230 valence electrons. The van der Waals surface area contributed by atoms with Crippen LogP contribution in [0, 0.1) is 11.8 Å². The molecule has 0 aromatic heterocycles. The number of rotatable bonds is 4. The second-order valence-electron chi connectivity index (χ2n) is 11.5. The second-order valence-corrected chi connectivity index (χ2v) is 12.0. The molecule has 4 heterocycles. The Balaban J connectivity index is 1.49. The van der Waals surface area contributed by atoms with Gasteiger partial charge in [-0.1, -0.05) is 66.2 Å². The highest BCUT2D eigenvalue weighted by molar-refractivity contribution is 6.30. The number of aliphatic hydroxyl groups is 1. The van der Waals surface area contributed by atoms with Gasteiger partial charge in [-0.3, -0.25) is 19.2 Å². The molecule has 11 heteroatoms. The van der Waals surface area contributed by atoms with Crippen LogP contribution < -0.4 is 10.2 Å². The number of benzene rings is 2. The zero-order valence-electron chi connectivity index (χ0n) is 24.2. The molecule has 10 nitrogen and oxygen atoms in total. The topological polar surface area (TPSA) is 125 Å². The van der Waals surface area contributed by atoms with Crippen LogP contribution >= 0.6 is 11.6 Å². The summed E-state index contributed by atoms with van der Waals surface area (Å²) < 4.78 is 12.2. The molecule has 2 aromatic carbocycles. The van der Waals surface area contributed by atoms with Crippen molar-refractivity contribution in [3.63, 3.8) is 0 Å². The lowest BCUT2D eigenvalue weighted by molar-refractivity contribution is -0.159. The molecule has 7 atom stereocenters. The number of amides is 3. The van der Waals surface area contributed by atoms with Crippen molar-refractivity contribution in [2.75, 3.05) is 24.6 Å². The molecule has 0 radical (unpaired) electrons. The summed E-state index contributed by atoms with van der Waals surface area (Å²) in [5.74, 6) is -3.84. The normalized spacial score (nSPS) is 31.9. The Morgan fingerprint density at radius 3 is 2.52 bits per heavy atom. The number of fused-ring (bicyclic) bond motifs is 2. The van der Waals surface area contributed by atoms with Crippen LogP contribution in [0.4, 0.5) is 5.69 Å². The van der Waals surface area contributed by atoms with Crippen LogP contribution in [0.1, 0.15) is 31.4 Å². The maximum absolute atomic E-state index is 14.9. The third-order valence-corrected chi connectivity index (χ3v) is 9.06. The third kappa shape index (κ3) is 5.21. The Morgan fingerprint density at radius 1 is 1.05 bits per heavy atom.